The number of amides is 1. The smallest absolute Gasteiger partial charge is 0.250 e. The molecule has 0 spiro atoms. The highest BCUT2D eigenvalue weighted by Crippen LogP contribution is 2.43. The third-order valence-electron chi connectivity index (χ3n) is 4.99. The van der Waals surface area contributed by atoms with Crippen molar-refractivity contribution in [2.24, 2.45) is 10.9 Å². The number of amidine groups is 1. The Morgan fingerprint density at radius 2 is 1.96 bits per heavy atom. The van der Waals surface area contributed by atoms with Crippen LogP contribution in [-0.4, -0.2) is 42.3 Å². The van der Waals surface area contributed by atoms with Crippen molar-refractivity contribution in [3.63, 3.8) is 0 Å². The zero-order valence-corrected chi connectivity index (χ0v) is 16.7. The summed E-state index contributed by atoms with van der Waals surface area (Å²) < 4.78 is 24.3. The molecule has 0 bridgehead atoms. The summed E-state index contributed by atoms with van der Waals surface area (Å²) in [6, 6.07) is 5.86. The van der Waals surface area contributed by atoms with Gasteiger partial charge in [-0.15, -0.1) is 0 Å². The monoisotopic (exact) mass is 380 g/mol. The van der Waals surface area contributed by atoms with Crippen molar-refractivity contribution in [3.05, 3.63) is 29.3 Å². The van der Waals surface area contributed by atoms with E-state index in [1.807, 2.05) is 50.8 Å². The maximum absolute atomic E-state index is 12.4. The zero-order chi connectivity index (χ0) is 18.4. The van der Waals surface area contributed by atoms with Crippen molar-refractivity contribution in [2.75, 3.05) is 16.4 Å². The molecule has 1 aromatic carbocycles. The van der Waals surface area contributed by atoms with Crippen LogP contribution < -0.4 is 4.90 Å². The second-order valence-corrected chi connectivity index (χ2v) is 10.3. The number of benzene rings is 1. The lowest BCUT2D eigenvalue weighted by Gasteiger charge is -2.28. The normalized spacial score (nSPS) is 27.5. The molecule has 0 aliphatic carbocycles. The first-order chi connectivity index (χ1) is 11.7. The van der Waals surface area contributed by atoms with Crippen molar-refractivity contribution < 1.29 is 13.2 Å². The number of carbonyl (C=O) groups is 1. The van der Waals surface area contributed by atoms with E-state index in [0.717, 1.165) is 23.2 Å². The zero-order valence-electron chi connectivity index (χ0n) is 15.0. The molecule has 2 fully saturated rings. The summed E-state index contributed by atoms with van der Waals surface area (Å²) in [5, 5.41) is 0.583. The van der Waals surface area contributed by atoms with E-state index in [2.05, 4.69) is 4.99 Å². The molecular weight excluding hydrogens is 356 g/mol. The predicted octanol–water partition coefficient (Wildman–Crippen LogP) is 2.95. The lowest BCUT2D eigenvalue weighted by atomic mass is 10.1. The minimum Gasteiger partial charge on any atom is -0.315 e. The highest BCUT2D eigenvalue weighted by Gasteiger charge is 2.50. The summed E-state index contributed by atoms with van der Waals surface area (Å²) in [5.74, 6) is 0.0103. The minimum absolute atomic E-state index is 0.0625. The van der Waals surface area contributed by atoms with Gasteiger partial charge in [0.1, 0.15) is 0 Å². The number of hydrogen-bond donors (Lipinski definition) is 0. The highest BCUT2D eigenvalue weighted by molar-refractivity contribution is 8.16. The highest BCUT2D eigenvalue weighted by atomic mass is 32.2. The molecule has 25 heavy (non-hydrogen) atoms. The average molecular weight is 381 g/mol. The van der Waals surface area contributed by atoms with Crippen LogP contribution >= 0.6 is 11.8 Å². The van der Waals surface area contributed by atoms with Crippen molar-refractivity contribution in [1.82, 2.24) is 0 Å². The average Bonchev–Trinajstić information content (AvgIpc) is 2.98. The van der Waals surface area contributed by atoms with E-state index in [1.165, 1.54) is 11.8 Å². The van der Waals surface area contributed by atoms with Crippen LogP contribution in [0.1, 0.15) is 31.4 Å². The number of rotatable bonds is 3. The molecule has 3 rings (SSSR count). The maximum Gasteiger partial charge on any atom is 0.250 e. The van der Waals surface area contributed by atoms with Gasteiger partial charge in [-0.05, 0) is 31.4 Å². The molecule has 2 heterocycles. The van der Waals surface area contributed by atoms with Gasteiger partial charge in [0, 0.05) is 16.9 Å². The maximum atomic E-state index is 12.4. The number of anilines is 1. The summed E-state index contributed by atoms with van der Waals surface area (Å²) in [6.07, 6.45) is 0.741. The third-order valence-corrected chi connectivity index (χ3v) is 8.20. The number of sulfone groups is 1. The van der Waals surface area contributed by atoms with Crippen molar-refractivity contribution >= 4 is 38.4 Å². The van der Waals surface area contributed by atoms with Crippen molar-refractivity contribution in [2.45, 2.75) is 45.4 Å². The molecule has 7 heteroatoms. The Balaban J connectivity index is 2.07. The van der Waals surface area contributed by atoms with Gasteiger partial charge in [-0.3, -0.25) is 4.79 Å². The van der Waals surface area contributed by atoms with Crippen LogP contribution in [0, 0.1) is 19.8 Å². The van der Waals surface area contributed by atoms with E-state index in [0.29, 0.717) is 5.17 Å². The van der Waals surface area contributed by atoms with E-state index in [1.54, 1.807) is 0 Å². The molecule has 1 amide bonds. The Labute approximate surface area is 153 Å². The van der Waals surface area contributed by atoms with Gasteiger partial charge < -0.3 is 4.90 Å². The van der Waals surface area contributed by atoms with Crippen molar-refractivity contribution in [1.29, 1.82) is 0 Å². The standard InChI is InChI=1S/C18H24N2O3S2/c1-5-11(2)17(21)19-18-20(16-12(3)7-6-8-13(16)4)14-9-25(22,23)10-15(14)24-18/h6-8,11,14-15H,5,9-10H2,1-4H3/t11-,14-,15+/m0/s1. The summed E-state index contributed by atoms with van der Waals surface area (Å²) in [4.78, 5) is 18.8. The Morgan fingerprint density at radius 3 is 2.56 bits per heavy atom. The molecule has 2 saturated heterocycles. The Morgan fingerprint density at radius 1 is 1.32 bits per heavy atom. The van der Waals surface area contributed by atoms with Gasteiger partial charge in [-0.2, -0.15) is 4.99 Å². The van der Waals surface area contributed by atoms with Gasteiger partial charge in [0.15, 0.2) is 15.0 Å². The van der Waals surface area contributed by atoms with Crippen LogP contribution in [0.15, 0.2) is 23.2 Å². The Bertz CT molecular complexity index is 812. The molecule has 3 atom stereocenters. The summed E-state index contributed by atoms with van der Waals surface area (Å²) in [6.45, 7) is 7.87. The van der Waals surface area contributed by atoms with Crippen LogP contribution in [-0.2, 0) is 14.6 Å². The number of fused-ring (bicyclic) bond motifs is 1. The molecule has 0 radical (unpaired) electrons. The largest absolute Gasteiger partial charge is 0.315 e. The number of hydrogen-bond acceptors (Lipinski definition) is 4. The molecule has 2 aliphatic rings. The van der Waals surface area contributed by atoms with E-state index in [4.69, 9.17) is 0 Å². The molecule has 0 aromatic heterocycles. The van der Waals surface area contributed by atoms with Crippen LogP contribution in [0.5, 0.6) is 0 Å². The summed E-state index contributed by atoms with van der Waals surface area (Å²) >= 11 is 1.44. The molecule has 136 valence electrons. The number of nitrogens with zero attached hydrogens (tertiary/aromatic N) is 2. The lowest BCUT2D eigenvalue weighted by Crippen LogP contribution is -2.38. The quantitative estimate of drug-likeness (QED) is 0.806. The first kappa shape index (κ1) is 18.5. The molecular formula is C18H24N2O3S2. The second-order valence-electron chi connectivity index (χ2n) is 6.95. The molecule has 2 aliphatic heterocycles. The van der Waals surface area contributed by atoms with Gasteiger partial charge in [0.25, 0.3) is 5.91 Å². The first-order valence-corrected chi connectivity index (χ1v) is 11.3. The van der Waals surface area contributed by atoms with E-state index in [9.17, 15) is 13.2 Å². The number of carbonyl (C=O) groups excluding carboxylic acids is 1. The predicted molar refractivity (Wildman–Crippen MR) is 104 cm³/mol. The van der Waals surface area contributed by atoms with E-state index >= 15 is 0 Å². The van der Waals surface area contributed by atoms with Crippen LogP contribution in [0.25, 0.3) is 0 Å². The van der Waals surface area contributed by atoms with Gasteiger partial charge in [0.2, 0.25) is 0 Å². The molecule has 0 unspecified atom stereocenters. The van der Waals surface area contributed by atoms with Crippen LogP contribution in [0.4, 0.5) is 5.69 Å². The molecule has 5 nitrogen and oxygen atoms in total. The molecule has 0 N–H and O–H groups in total. The Kier molecular flexibility index (Phi) is 4.99. The first-order valence-electron chi connectivity index (χ1n) is 8.58. The fourth-order valence-electron chi connectivity index (χ4n) is 3.39. The number of aliphatic imine (C=N–C) groups is 1. The summed E-state index contributed by atoms with van der Waals surface area (Å²) in [5.41, 5.74) is 3.11. The van der Waals surface area contributed by atoms with Crippen LogP contribution in [0.2, 0.25) is 0 Å². The van der Waals surface area contributed by atoms with Gasteiger partial charge in [-0.25, -0.2) is 8.42 Å². The number of aryl methyl sites for hydroxylation is 2. The SMILES string of the molecule is CC[C@H](C)C(=O)N=C1S[C@@H]2CS(=O)(=O)C[C@@H]2N1c1c(C)cccc1C. The third kappa shape index (κ3) is 3.49. The number of thioether (sulfide) groups is 1. The second kappa shape index (κ2) is 6.76. The Hall–Kier alpha value is -1.34. The van der Waals surface area contributed by atoms with E-state index in [-0.39, 0.29) is 34.6 Å². The number of para-hydroxylation sites is 1. The van der Waals surface area contributed by atoms with Gasteiger partial charge in [0.05, 0.1) is 17.5 Å². The van der Waals surface area contributed by atoms with Gasteiger partial charge in [-0.1, -0.05) is 43.8 Å². The van der Waals surface area contributed by atoms with Crippen LogP contribution in [0.3, 0.4) is 0 Å². The lowest BCUT2D eigenvalue weighted by molar-refractivity contribution is -0.121. The van der Waals surface area contributed by atoms with E-state index < -0.39 is 9.84 Å². The molecule has 1 aromatic rings. The summed E-state index contributed by atoms with van der Waals surface area (Å²) in [7, 11) is -3.05. The topological polar surface area (TPSA) is 66.8 Å². The minimum atomic E-state index is -3.05. The van der Waals surface area contributed by atoms with Crippen molar-refractivity contribution in [3.8, 4) is 0 Å². The molecule has 0 saturated carbocycles. The fourth-order valence-corrected chi connectivity index (χ4v) is 7.30. The van der Waals surface area contributed by atoms with Gasteiger partial charge >= 0.3 is 0 Å². The fraction of sp³-hybridized carbons (Fsp3) is 0.556.